The van der Waals surface area contributed by atoms with Crippen LogP contribution in [0.25, 0.3) is 0 Å². The van der Waals surface area contributed by atoms with Crippen molar-refractivity contribution in [1.29, 1.82) is 0 Å². The fourth-order valence-electron chi connectivity index (χ4n) is 2.32. The molecule has 2 N–H and O–H groups in total. The molecule has 0 spiro atoms. The maximum Gasteiger partial charge on any atom is 0.243 e. The molecule has 0 saturated heterocycles. The van der Waals surface area contributed by atoms with Gasteiger partial charge in [0.25, 0.3) is 0 Å². The molecule has 1 fully saturated rings. The first-order chi connectivity index (χ1) is 8.02. The molecule has 1 saturated carbocycles. The van der Waals surface area contributed by atoms with E-state index in [0.29, 0.717) is 18.2 Å². The van der Waals surface area contributed by atoms with Crippen LogP contribution in [0, 0.1) is 11.8 Å². The zero-order valence-electron chi connectivity index (χ0n) is 10.5. The molecular weight excluding hydrogens is 236 g/mol. The van der Waals surface area contributed by atoms with Crippen molar-refractivity contribution < 1.29 is 9.59 Å². The molecular formula is C12H22N2O2S. The average Bonchev–Trinajstić information content (AvgIpc) is 2.68. The van der Waals surface area contributed by atoms with Crippen LogP contribution in [0.3, 0.4) is 0 Å². The highest BCUT2D eigenvalue weighted by Gasteiger charge is 2.23. The Bertz CT molecular complexity index is 284. The van der Waals surface area contributed by atoms with Crippen LogP contribution in [0.4, 0.5) is 0 Å². The number of nitrogens with one attached hydrogen (secondary N) is 2. The molecule has 17 heavy (non-hydrogen) atoms. The predicted octanol–water partition coefficient (Wildman–Crippen LogP) is 0.973. The maximum absolute atomic E-state index is 11.8. The van der Waals surface area contributed by atoms with Gasteiger partial charge in [0.2, 0.25) is 11.8 Å². The van der Waals surface area contributed by atoms with Gasteiger partial charge in [-0.2, -0.15) is 12.6 Å². The number of rotatable bonds is 5. The Hall–Kier alpha value is -0.710. The molecule has 0 aromatic rings. The predicted molar refractivity (Wildman–Crippen MR) is 71.0 cm³/mol. The number of amides is 2. The summed E-state index contributed by atoms with van der Waals surface area (Å²) in [7, 11) is 0. The smallest absolute Gasteiger partial charge is 0.243 e. The lowest BCUT2D eigenvalue weighted by molar-refractivity contribution is -0.127. The van der Waals surface area contributed by atoms with Gasteiger partial charge in [-0.15, -0.1) is 0 Å². The lowest BCUT2D eigenvalue weighted by atomic mass is 10.1. The molecule has 0 aliphatic heterocycles. The lowest BCUT2D eigenvalue weighted by Gasteiger charge is -2.17. The minimum Gasteiger partial charge on any atom is -0.354 e. The molecule has 1 aliphatic carbocycles. The Kier molecular flexibility index (Phi) is 5.82. The molecule has 4 nitrogen and oxygen atoms in total. The van der Waals surface area contributed by atoms with E-state index in [0.717, 1.165) is 5.92 Å². The highest BCUT2D eigenvalue weighted by molar-refractivity contribution is 7.80. The fraction of sp³-hybridized carbons (Fsp3) is 0.833. The van der Waals surface area contributed by atoms with Gasteiger partial charge < -0.3 is 10.6 Å². The van der Waals surface area contributed by atoms with Gasteiger partial charge in [0.05, 0.1) is 0 Å². The number of thiol groups is 1. The van der Waals surface area contributed by atoms with Gasteiger partial charge in [-0.3, -0.25) is 9.59 Å². The van der Waals surface area contributed by atoms with Gasteiger partial charge in [0.1, 0.15) is 6.04 Å². The number of carbonyl (C=O) groups excluding carboxylic acids is 2. The summed E-state index contributed by atoms with van der Waals surface area (Å²) in [5, 5.41) is 5.49. The number of hydrogen-bond donors (Lipinski definition) is 3. The zero-order chi connectivity index (χ0) is 12.8. The average molecular weight is 258 g/mol. The van der Waals surface area contributed by atoms with Gasteiger partial charge in [0.15, 0.2) is 0 Å². The SMILES string of the molecule is CC(=O)NC(CS)C(=O)NCC1CCC(C)C1. The fourth-order valence-corrected chi connectivity index (χ4v) is 2.58. The minimum atomic E-state index is -0.519. The molecule has 3 atom stereocenters. The summed E-state index contributed by atoms with van der Waals surface area (Å²) < 4.78 is 0. The molecule has 0 radical (unpaired) electrons. The summed E-state index contributed by atoms with van der Waals surface area (Å²) in [6, 6.07) is -0.519. The van der Waals surface area contributed by atoms with Gasteiger partial charge in [0, 0.05) is 19.2 Å². The van der Waals surface area contributed by atoms with Crippen molar-refractivity contribution in [3.8, 4) is 0 Å². The van der Waals surface area contributed by atoms with E-state index in [1.54, 1.807) is 0 Å². The third kappa shape index (κ3) is 4.98. The summed E-state index contributed by atoms with van der Waals surface area (Å²) in [6.07, 6.45) is 3.63. The van der Waals surface area contributed by atoms with Crippen LogP contribution in [-0.2, 0) is 9.59 Å². The molecule has 3 unspecified atom stereocenters. The lowest BCUT2D eigenvalue weighted by Crippen LogP contribution is -2.48. The van der Waals surface area contributed by atoms with Crippen LogP contribution in [0.1, 0.15) is 33.1 Å². The first kappa shape index (κ1) is 14.4. The van der Waals surface area contributed by atoms with Crippen molar-refractivity contribution in [1.82, 2.24) is 10.6 Å². The van der Waals surface area contributed by atoms with E-state index in [-0.39, 0.29) is 11.8 Å². The monoisotopic (exact) mass is 258 g/mol. The number of carbonyl (C=O) groups is 2. The highest BCUT2D eigenvalue weighted by Crippen LogP contribution is 2.29. The standard InChI is InChI=1S/C12H22N2O2S/c1-8-3-4-10(5-8)6-13-12(16)11(7-17)14-9(2)15/h8,10-11,17H,3-7H2,1-2H3,(H,13,16)(H,14,15). The van der Waals surface area contributed by atoms with Crippen molar-refractivity contribution in [2.45, 2.75) is 39.2 Å². The molecule has 0 aromatic carbocycles. The van der Waals surface area contributed by atoms with Crippen molar-refractivity contribution in [3.05, 3.63) is 0 Å². The Morgan fingerprint density at radius 3 is 2.59 bits per heavy atom. The second kappa shape index (κ2) is 6.89. The topological polar surface area (TPSA) is 58.2 Å². The maximum atomic E-state index is 11.8. The van der Waals surface area contributed by atoms with Crippen LogP contribution in [0.2, 0.25) is 0 Å². The molecule has 98 valence electrons. The molecule has 0 bridgehead atoms. The molecule has 2 amide bonds. The van der Waals surface area contributed by atoms with Crippen molar-refractivity contribution in [3.63, 3.8) is 0 Å². The van der Waals surface area contributed by atoms with Gasteiger partial charge >= 0.3 is 0 Å². The highest BCUT2D eigenvalue weighted by atomic mass is 32.1. The second-order valence-corrected chi connectivity index (χ2v) is 5.33. The Morgan fingerprint density at radius 2 is 2.12 bits per heavy atom. The van der Waals surface area contributed by atoms with Crippen LogP contribution in [0.15, 0.2) is 0 Å². The Morgan fingerprint density at radius 1 is 1.41 bits per heavy atom. The van der Waals surface area contributed by atoms with E-state index in [2.05, 4.69) is 30.2 Å². The molecule has 0 heterocycles. The summed E-state index contributed by atoms with van der Waals surface area (Å²) in [4.78, 5) is 22.7. The third-order valence-electron chi connectivity index (χ3n) is 3.24. The zero-order valence-corrected chi connectivity index (χ0v) is 11.4. The minimum absolute atomic E-state index is 0.130. The number of hydrogen-bond acceptors (Lipinski definition) is 3. The van der Waals surface area contributed by atoms with Crippen LogP contribution in [0.5, 0.6) is 0 Å². The van der Waals surface area contributed by atoms with Crippen LogP contribution >= 0.6 is 12.6 Å². The van der Waals surface area contributed by atoms with Gasteiger partial charge in [-0.05, 0) is 24.7 Å². The van der Waals surface area contributed by atoms with E-state index < -0.39 is 6.04 Å². The first-order valence-electron chi connectivity index (χ1n) is 6.18. The summed E-state index contributed by atoms with van der Waals surface area (Å²) in [6.45, 7) is 4.37. The first-order valence-corrected chi connectivity index (χ1v) is 6.81. The van der Waals surface area contributed by atoms with Crippen molar-refractivity contribution >= 4 is 24.4 Å². The van der Waals surface area contributed by atoms with Crippen LogP contribution < -0.4 is 10.6 Å². The van der Waals surface area contributed by atoms with Gasteiger partial charge in [-0.1, -0.05) is 13.3 Å². The largest absolute Gasteiger partial charge is 0.354 e. The molecule has 5 heteroatoms. The van der Waals surface area contributed by atoms with Gasteiger partial charge in [-0.25, -0.2) is 0 Å². The Balaban J connectivity index is 2.29. The molecule has 1 aliphatic rings. The van der Waals surface area contributed by atoms with E-state index in [4.69, 9.17) is 0 Å². The Labute approximate surface area is 108 Å². The molecule has 1 rings (SSSR count). The molecule has 0 aromatic heterocycles. The third-order valence-corrected chi connectivity index (χ3v) is 3.61. The normalized spacial score (nSPS) is 25.4. The van der Waals surface area contributed by atoms with E-state index >= 15 is 0 Å². The summed E-state index contributed by atoms with van der Waals surface area (Å²) in [5.41, 5.74) is 0. The van der Waals surface area contributed by atoms with E-state index in [1.807, 2.05) is 0 Å². The van der Waals surface area contributed by atoms with Crippen molar-refractivity contribution in [2.24, 2.45) is 11.8 Å². The van der Waals surface area contributed by atoms with Crippen molar-refractivity contribution in [2.75, 3.05) is 12.3 Å². The van der Waals surface area contributed by atoms with E-state index in [9.17, 15) is 9.59 Å². The summed E-state index contributed by atoms with van der Waals surface area (Å²) >= 11 is 4.07. The van der Waals surface area contributed by atoms with Crippen LogP contribution in [-0.4, -0.2) is 30.2 Å². The van der Waals surface area contributed by atoms with E-state index in [1.165, 1.54) is 26.2 Å². The summed E-state index contributed by atoms with van der Waals surface area (Å²) in [5.74, 6) is 1.36. The quantitative estimate of drug-likeness (QED) is 0.644. The second-order valence-electron chi connectivity index (χ2n) is 4.97.